The smallest absolute Gasteiger partial charge is 0.248 e. The Kier molecular flexibility index (Phi) is 4.67. The highest BCUT2D eigenvalue weighted by Gasteiger charge is 2.10. The van der Waals surface area contributed by atoms with E-state index in [-0.39, 0.29) is 12.3 Å². The van der Waals surface area contributed by atoms with Crippen LogP contribution in [0.1, 0.15) is 16.1 Å². The summed E-state index contributed by atoms with van der Waals surface area (Å²) in [5.41, 5.74) is 7.87. The van der Waals surface area contributed by atoms with Crippen LogP contribution in [0.5, 0.6) is 0 Å². The van der Waals surface area contributed by atoms with Crippen molar-refractivity contribution in [2.24, 2.45) is 5.73 Å². The molecule has 0 unspecified atom stereocenters. The number of amides is 2. The molecule has 1 heterocycles. The van der Waals surface area contributed by atoms with E-state index in [1.165, 1.54) is 11.3 Å². The van der Waals surface area contributed by atoms with E-state index < -0.39 is 5.91 Å². The highest BCUT2D eigenvalue weighted by Crippen LogP contribution is 2.23. The highest BCUT2D eigenvalue weighted by atomic mass is 32.1. The summed E-state index contributed by atoms with van der Waals surface area (Å²) in [4.78, 5) is 27.8. The summed E-state index contributed by atoms with van der Waals surface area (Å²) in [6.45, 7) is 0. The summed E-state index contributed by atoms with van der Waals surface area (Å²) in [6, 6.07) is 16.4. The quantitative estimate of drug-likeness (QED) is 0.750. The number of nitrogens with zero attached hydrogens (tertiary/aromatic N) is 1. The first kappa shape index (κ1) is 15.9. The van der Waals surface area contributed by atoms with Crippen LogP contribution in [0, 0.1) is 0 Å². The number of nitrogens with one attached hydrogen (secondary N) is 1. The number of nitrogens with two attached hydrogens (primary N) is 1. The number of hydrogen-bond donors (Lipinski definition) is 2. The lowest BCUT2D eigenvalue weighted by Gasteiger charge is -2.05. The van der Waals surface area contributed by atoms with Crippen LogP contribution in [0.25, 0.3) is 10.6 Å². The van der Waals surface area contributed by atoms with E-state index in [4.69, 9.17) is 5.73 Å². The van der Waals surface area contributed by atoms with Crippen molar-refractivity contribution in [1.82, 2.24) is 4.98 Å². The van der Waals surface area contributed by atoms with Crippen molar-refractivity contribution >= 4 is 28.8 Å². The van der Waals surface area contributed by atoms with E-state index in [1.54, 1.807) is 24.3 Å². The number of rotatable bonds is 5. The minimum absolute atomic E-state index is 0.171. The molecule has 1 aromatic heterocycles. The Bertz CT molecular complexity index is 875. The van der Waals surface area contributed by atoms with Crippen molar-refractivity contribution in [2.75, 3.05) is 5.32 Å². The van der Waals surface area contributed by atoms with Crippen molar-refractivity contribution in [3.05, 3.63) is 71.2 Å². The second-order valence-electron chi connectivity index (χ2n) is 5.18. The van der Waals surface area contributed by atoms with Gasteiger partial charge in [-0.15, -0.1) is 11.3 Å². The molecule has 24 heavy (non-hydrogen) atoms. The summed E-state index contributed by atoms with van der Waals surface area (Å²) < 4.78 is 0. The van der Waals surface area contributed by atoms with E-state index in [9.17, 15) is 9.59 Å². The van der Waals surface area contributed by atoms with Crippen LogP contribution < -0.4 is 11.1 Å². The molecule has 0 radical (unpaired) electrons. The zero-order chi connectivity index (χ0) is 16.9. The number of thiazole rings is 1. The topological polar surface area (TPSA) is 85.1 Å². The van der Waals surface area contributed by atoms with Crippen LogP contribution in [0.15, 0.2) is 60.0 Å². The molecule has 3 N–H and O–H groups in total. The molecule has 3 aromatic rings. The number of carbonyl (C=O) groups excluding carboxylic acids is 2. The first-order valence-corrected chi connectivity index (χ1v) is 8.19. The van der Waals surface area contributed by atoms with E-state index >= 15 is 0 Å². The van der Waals surface area contributed by atoms with Crippen molar-refractivity contribution in [1.29, 1.82) is 0 Å². The predicted octanol–water partition coefficient (Wildman–Crippen LogP) is 3.09. The van der Waals surface area contributed by atoms with Gasteiger partial charge in [0.25, 0.3) is 0 Å². The number of hydrogen-bond acceptors (Lipinski definition) is 4. The van der Waals surface area contributed by atoms with Crippen molar-refractivity contribution < 1.29 is 9.59 Å². The molecule has 2 amide bonds. The van der Waals surface area contributed by atoms with E-state index in [1.807, 2.05) is 35.7 Å². The van der Waals surface area contributed by atoms with E-state index in [0.29, 0.717) is 16.9 Å². The minimum atomic E-state index is -0.530. The number of aromatic nitrogens is 1. The van der Waals surface area contributed by atoms with Gasteiger partial charge in [-0.2, -0.15) is 0 Å². The average molecular weight is 337 g/mol. The summed E-state index contributed by atoms with van der Waals surface area (Å²) in [5, 5.41) is 5.51. The maximum absolute atomic E-state index is 12.1. The summed E-state index contributed by atoms with van der Waals surface area (Å²) in [6.07, 6.45) is 0.171. The van der Waals surface area contributed by atoms with Gasteiger partial charge in [0, 0.05) is 22.2 Å². The maximum atomic E-state index is 12.1. The molecule has 0 saturated carbocycles. The number of benzene rings is 2. The van der Waals surface area contributed by atoms with Crippen LogP contribution in [-0.2, 0) is 11.2 Å². The molecule has 2 aromatic carbocycles. The lowest BCUT2D eigenvalue weighted by molar-refractivity contribution is -0.115. The van der Waals surface area contributed by atoms with Crippen molar-refractivity contribution in [3.63, 3.8) is 0 Å². The molecule has 0 aliphatic heterocycles. The maximum Gasteiger partial charge on any atom is 0.248 e. The predicted molar refractivity (Wildman–Crippen MR) is 94.8 cm³/mol. The Morgan fingerprint density at radius 1 is 1.08 bits per heavy atom. The van der Waals surface area contributed by atoms with E-state index in [0.717, 1.165) is 10.6 Å². The molecule has 3 rings (SSSR count). The lowest BCUT2D eigenvalue weighted by Crippen LogP contribution is -2.16. The van der Waals surface area contributed by atoms with Crippen LogP contribution in [0.3, 0.4) is 0 Å². The van der Waals surface area contributed by atoms with E-state index in [2.05, 4.69) is 10.3 Å². The molecule has 0 fully saturated rings. The van der Waals surface area contributed by atoms with Gasteiger partial charge in [-0.05, 0) is 18.2 Å². The molecule has 0 bridgehead atoms. The first-order chi connectivity index (χ1) is 11.6. The number of primary amides is 1. The molecular formula is C18H15N3O2S. The van der Waals surface area contributed by atoms with Gasteiger partial charge in [-0.25, -0.2) is 4.98 Å². The van der Waals surface area contributed by atoms with Crippen molar-refractivity contribution in [2.45, 2.75) is 6.42 Å². The van der Waals surface area contributed by atoms with Gasteiger partial charge < -0.3 is 11.1 Å². The Labute approximate surface area is 143 Å². The summed E-state index contributed by atoms with van der Waals surface area (Å²) >= 11 is 1.50. The average Bonchev–Trinajstić information content (AvgIpc) is 3.04. The fraction of sp³-hybridized carbons (Fsp3) is 0.0556. The van der Waals surface area contributed by atoms with Gasteiger partial charge in [-0.1, -0.05) is 36.4 Å². The Hall–Kier alpha value is -2.99. The Morgan fingerprint density at radius 3 is 2.62 bits per heavy atom. The van der Waals surface area contributed by atoms with Gasteiger partial charge >= 0.3 is 0 Å². The molecule has 6 heteroatoms. The number of carbonyl (C=O) groups is 2. The lowest BCUT2D eigenvalue weighted by atomic mass is 10.2. The third kappa shape index (κ3) is 3.85. The standard InChI is InChI=1S/C18H15N3O2S/c19-17(23)13-7-4-8-14(9-13)20-16(22)10-15-11-24-18(21-15)12-5-2-1-3-6-12/h1-9,11H,10H2,(H2,19,23)(H,20,22). The van der Waals surface area contributed by atoms with Crippen LogP contribution >= 0.6 is 11.3 Å². The first-order valence-electron chi connectivity index (χ1n) is 7.31. The molecule has 0 atom stereocenters. The fourth-order valence-electron chi connectivity index (χ4n) is 2.22. The van der Waals surface area contributed by atoms with Gasteiger partial charge in [0.2, 0.25) is 11.8 Å². The van der Waals surface area contributed by atoms with Gasteiger partial charge in [0.05, 0.1) is 12.1 Å². The normalized spacial score (nSPS) is 10.3. The zero-order valence-corrected chi connectivity index (χ0v) is 13.5. The summed E-state index contributed by atoms with van der Waals surface area (Å²) in [5.74, 6) is -0.723. The Morgan fingerprint density at radius 2 is 1.88 bits per heavy atom. The molecule has 5 nitrogen and oxygen atoms in total. The second-order valence-corrected chi connectivity index (χ2v) is 6.04. The fourth-order valence-corrected chi connectivity index (χ4v) is 3.05. The molecule has 0 aliphatic rings. The molecule has 0 aliphatic carbocycles. The molecule has 0 saturated heterocycles. The van der Waals surface area contributed by atoms with Gasteiger partial charge in [-0.3, -0.25) is 9.59 Å². The van der Waals surface area contributed by atoms with Crippen LogP contribution in [-0.4, -0.2) is 16.8 Å². The number of anilines is 1. The molecular weight excluding hydrogens is 322 g/mol. The van der Waals surface area contributed by atoms with Crippen molar-refractivity contribution in [3.8, 4) is 10.6 Å². The van der Waals surface area contributed by atoms with Crippen LogP contribution in [0.4, 0.5) is 5.69 Å². The minimum Gasteiger partial charge on any atom is -0.366 e. The third-order valence-corrected chi connectivity index (χ3v) is 4.29. The third-order valence-electron chi connectivity index (χ3n) is 3.35. The summed E-state index contributed by atoms with van der Waals surface area (Å²) in [7, 11) is 0. The molecule has 0 spiro atoms. The monoisotopic (exact) mass is 337 g/mol. The Balaban J connectivity index is 1.66. The zero-order valence-electron chi connectivity index (χ0n) is 12.7. The van der Waals surface area contributed by atoms with Crippen LogP contribution in [0.2, 0.25) is 0 Å². The largest absolute Gasteiger partial charge is 0.366 e. The van der Waals surface area contributed by atoms with Gasteiger partial charge in [0.15, 0.2) is 0 Å². The van der Waals surface area contributed by atoms with Gasteiger partial charge in [0.1, 0.15) is 5.01 Å². The second kappa shape index (κ2) is 7.06. The highest BCUT2D eigenvalue weighted by molar-refractivity contribution is 7.13. The SMILES string of the molecule is NC(=O)c1cccc(NC(=O)Cc2csc(-c3ccccc3)n2)c1. The molecule has 120 valence electrons.